The normalized spacial score (nSPS) is 19.2. The summed E-state index contributed by atoms with van der Waals surface area (Å²) in [6, 6.07) is 0.213. The van der Waals surface area contributed by atoms with E-state index in [9.17, 15) is 4.79 Å². The Morgan fingerprint density at radius 3 is 3.18 bits per heavy atom. The van der Waals surface area contributed by atoms with E-state index in [1.165, 1.54) is 18.4 Å². The third-order valence-electron chi connectivity index (χ3n) is 3.71. The second kappa shape index (κ2) is 6.41. The number of ether oxygens (including phenoxy) is 1. The monoisotopic (exact) mass is 322 g/mol. The number of carbonyl (C=O) groups excluding carboxylic acids is 1. The molecule has 0 bridgehead atoms. The van der Waals surface area contributed by atoms with Gasteiger partial charge >= 0.3 is 5.97 Å². The largest absolute Gasteiger partial charge is 0.464 e. The van der Waals surface area contributed by atoms with Gasteiger partial charge in [-0.05, 0) is 19.4 Å². The molecule has 1 atom stereocenters. The van der Waals surface area contributed by atoms with Gasteiger partial charge in [-0.15, -0.1) is 16.4 Å². The van der Waals surface area contributed by atoms with E-state index in [-0.39, 0.29) is 11.7 Å². The van der Waals surface area contributed by atoms with E-state index >= 15 is 0 Å². The highest BCUT2D eigenvalue weighted by Gasteiger charge is 2.24. The van der Waals surface area contributed by atoms with E-state index in [2.05, 4.69) is 24.9 Å². The molecule has 9 heteroatoms. The molecule has 1 aliphatic rings. The van der Waals surface area contributed by atoms with Crippen LogP contribution >= 0.6 is 11.3 Å². The maximum absolute atomic E-state index is 11.5. The van der Waals surface area contributed by atoms with Gasteiger partial charge in [-0.3, -0.25) is 4.90 Å². The average molecular weight is 322 g/mol. The van der Waals surface area contributed by atoms with Gasteiger partial charge < -0.3 is 10.5 Å². The Morgan fingerprint density at radius 2 is 2.45 bits per heavy atom. The number of nitrogen functional groups attached to an aromatic ring is 1. The molecule has 1 aliphatic heterocycles. The van der Waals surface area contributed by atoms with Crippen LogP contribution < -0.4 is 5.73 Å². The van der Waals surface area contributed by atoms with Gasteiger partial charge in [-0.1, -0.05) is 5.21 Å². The lowest BCUT2D eigenvalue weighted by Crippen LogP contribution is -2.36. The zero-order chi connectivity index (χ0) is 15.5. The zero-order valence-corrected chi connectivity index (χ0v) is 13.1. The van der Waals surface area contributed by atoms with Gasteiger partial charge in [-0.2, -0.15) is 0 Å². The first-order valence-corrected chi connectivity index (χ1v) is 7.90. The molecule has 0 radical (unpaired) electrons. The molecule has 3 rings (SSSR count). The number of rotatable bonds is 4. The van der Waals surface area contributed by atoms with Crippen LogP contribution in [0.5, 0.6) is 0 Å². The predicted octanol–water partition coefficient (Wildman–Crippen LogP) is 0.941. The number of nitrogens with two attached hydrogens (primary N) is 1. The molecule has 0 spiro atoms. The van der Waals surface area contributed by atoms with Gasteiger partial charge in [0, 0.05) is 24.2 Å². The minimum atomic E-state index is -0.459. The zero-order valence-electron chi connectivity index (χ0n) is 12.3. The predicted molar refractivity (Wildman–Crippen MR) is 81.4 cm³/mol. The molecule has 8 nitrogen and oxygen atoms in total. The maximum Gasteiger partial charge on any atom is 0.360 e. The molecule has 2 aromatic heterocycles. The molecule has 1 unspecified atom stereocenters. The van der Waals surface area contributed by atoms with Crippen LogP contribution in [0, 0.1) is 0 Å². The smallest absolute Gasteiger partial charge is 0.360 e. The van der Waals surface area contributed by atoms with Crippen molar-refractivity contribution in [2.45, 2.75) is 25.4 Å². The number of likely N-dealkylation sites (tertiary alicyclic amines) is 1. The summed E-state index contributed by atoms with van der Waals surface area (Å²) in [4.78, 5) is 19.0. The standard InChI is InChI=1S/C13H18N6O2S/c1-21-12(20)11-8-19(17-16-11)9-3-2-4-18(6-9)7-10-5-15-13(14)22-10/h5,8-9H,2-4,6-7H2,1H3,(H2,14,15). The summed E-state index contributed by atoms with van der Waals surface area (Å²) in [7, 11) is 1.34. The molecule has 0 aromatic carbocycles. The third kappa shape index (κ3) is 3.25. The number of nitrogens with zero attached hydrogens (tertiary/aromatic N) is 5. The van der Waals surface area contributed by atoms with Crippen LogP contribution in [-0.4, -0.2) is 51.0 Å². The Labute approximate surface area is 131 Å². The van der Waals surface area contributed by atoms with Gasteiger partial charge in [0.2, 0.25) is 0 Å². The fraction of sp³-hybridized carbons (Fsp3) is 0.538. The van der Waals surface area contributed by atoms with Gasteiger partial charge in [-0.25, -0.2) is 14.5 Å². The lowest BCUT2D eigenvalue weighted by molar-refractivity contribution is 0.0594. The number of esters is 1. The maximum atomic E-state index is 11.5. The number of piperidine rings is 1. The van der Waals surface area contributed by atoms with E-state index in [1.807, 2.05) is 6.20 Å². The summed E-state index contributed by atoms with van der Waals surface area (Å²) in [5.74, 6) is -0.459. The molecule has 1 saturated heterocycles. The third-order valence-corrected chi connectivity index (χ3v) is 4.52. The molecule has 0 saturated carbocycles. The first-order chi connectivity index (χ1) is 10.7. The molecular weight excluding hydrogens is 304 g/mol. The molecule has 22 heavy (non-hydrogen) atoms. The molecule has 0 amide bonds. The van der Waals surface area contributed by atoms with Crippen molar-refractivity contribution in [3.05, 3.63) is 23.0 Å². The first-order valence-electron chi connectivity index (χ1n) is 7.08. The van der Waals surface area contributed by atoms with Crippen molar-refractivity contribution in [1.82, 2.24) is 24.9 Å². The van der Waals surface area contributed by atoms with E-state index < -0.39 is 5.97 Å². The highest BCUT2D eigenvalue weighted by molar-refractivity contribution is 7.15. The van der Waals surface area contributed by atoms with Gasteiger partial charge in [0.05, 0.1) is 19.3 Å². The second-order valence-corrected chi connectivity index (χ2v) is 6.42. The van der Waals surface area contributed by atoms with E-state index in [0.29, 0.717) is 5.13 Å². The summed E-state index contributed by atoms with van der Waals surface area (Å²) in [5.41, 5.74) is 5.91. The van der Waals surface area contributed by atoms with E-state index in [0.717, 1.165) is 37.4 Å². The fourth-order valence-corrected chi connectivity index (χ4v) is 3.39. The summed E-state index contributed by atoms with van der Waals surface area (Å²) < 4.78 is 6.42. The second-order valence-electron chi connectivity index (χ2n) is 5.27. The van der Waals surface area contributed by atoms with Crippen molar-refractivity contribution in [1.29, 1.82) is 0 Å². The molecule has 2 aromatic rings. The van der Waals surface area contributed by atoms with Crippen molar-refractivity contribution < 1.29 is 9.53 Å². The number of methoxy groups -OCH3 is 1. The summed E-state index contributed by atoms with van der Waals surface area (Å²) in [6.45, 7) is 2.73. The van der Waals surface area contributed by atoms with Crippen LogP contribution in [0.2, 0.25) is 0 Å². The van der Waals surface area contributed by atoms with Crippen molar-refractivity contribution >= 4 is 22.4 Å². The summed E-state index contributed by atoms with van der Waals surface area (Å²) >= 11 is 1.52. The van der Waals surface area contributed by atoms with Crippen LogP contribution in [-0.2, 0) is 11.3 Å². The van der Waals surface area contributed by atoms with Gasteiger partial charge in [0.25, 0.3) is 0 Å². The molecular formula is C13H18N6O2S. The Balaban J connectivity index is 1.65. The molecule has 3 heterocycles. The SMILES string of the molecule is COC(=O)c1cn(C2CCCN(Cc3cnc(N)s3)C2)nn1. The number of anilines is 1. The van der Waals surface area contributed by atoms with Crippen LogP contribution in [0.15, 0.2) is 12.4 Å². The number of aromatic nitrogens is 4. The van der Waals surface area contributed by atoms with Crippen LogP contribution in [0.3, 0.4) is 0 Å². The quantitative estimate of drug-likeness (QED) is 0.836. The van der Waals surface area contributed by atoms with E-state index in [1.54, 1.807) is 10.9 Å². The van der Waals surface area contributed by atoms with Crippen LogP contribution in [0.25, 0.3) is 0 Å². The van der Waals surface area contributed by atoms with Crippen molar-refractivity contribution in [2.24, 2.45) is 0 Å². The molecule has 1 fully saturated rings. The average Bonchev–Trinajstić information content (AvgIpc) is 3.16. The van der Waals surface area contributed by atoms with Crippen LogP contribution in [0.1, 0.15) is 34.2 Å². The van der Waals surface area contributed by atoms with E-state index in [4.69, 9.17) is 5.73 Å². The first kappa shape index (κ1) is 14.9. The summed E-state index contributed by atoms with van der Waals surface area (Å²) in [5, 5.41) is 8.53. The Hall–Kier alpha value is -2.00. The molecule has 0 aliphatic carbocycles. The minimum Gasteiger partial charge on any atom is -0.464 e. The minimum absolute atomic E-state index is 0.213. The number of carbonyl (C=O) groups is 1. The van der Waals surface area contributed by atoms with Crippen molar-refractivity contribution in [3.8, 4) is 0 Å². The van der Waals surface area contributed by atoms with Crippen molar-refractivity contribution in [3.63, 3.8) is 0 Å². The van der Waals surface area contributed by atoms with Crippen LogP contribution in [0.4, 0.5) is 5.13 Å². The Kier molecular flexibility index (Phi) is 4.34. The lowest BCUT2D eigenvalue weighted by Gasteiger charge is -2.32. The van der Waals surface area contributed by atoms with Gasteiger partial charge in [0.1, 0.15) is 0 Å². The summed E-state index contributed by atoms with van der Waals surface area (Å²) in [6.07, 6.45) is 5.58. The highest BCUT2D eigenvalue weighted by Crippen LogP contribution is 2.24. The topological polar surface area (TPSA) is 99.2 Å². The van der Waals surface area contributed by atoms with Gasteiger partial charge in [0.15, 0.2) is 10.8 Å². The Morgan fingerprint density at radius 1 is 1.59 bits per heavy atom. The molecule has 2 N–H and O–H groups in total. The highest BCUT2D eigenvalue weighted by atomic mass is 32.1. The van der Waals surface area contributed by atoms with Crippen molar-refractivity contribution in [2.75, 3.05) is 25.9 Å². The number of hydrogen-bond donors (Lipinski definition) is 1. The fourth-order valence-electron chi connectivity index (χ4n) is 2.66. The number of thiazole rings is 1. The molecule has 118 valence electrons. The lowest BCUT2D eigenvalue weighted by atomic mass is 10.1. The number of hydrogen-bond acceptors (Lipinski definition) is 8. The Bertz CT molecular complexity index is 655.